The summed E-state index contributed by atoms with van der Waals surface area (Å²) in [7, 11) is 1.39. The van der Waals surface area contributed by atoms with Crippen molar-refractivity contribution >= 4 is 5.97 Å². The van der Waals surface area contributed by atoms with E-state index in [2.05, 4.69) is 15.3 Å². The Morgan fingerprint density at radius 3 is 2.81 bits per heavy atom. The number of hydrogen-bond acceptors (Lipinski definition) is 5. The first-order valence-corrected chi connectivity index (χ1v) is 5.21. The zero-order valence-electron chi connectivity index (χ0n) is 9.80. The number of rotatable bonds is 5. The first kappa shape index (κ1) is 12.6. The quantitative estimate of drug-likeness (QED) is 0.747. The van der Waals surface area contributed by atoms with Crippen molar-refractivity contribution in [3.8, 4) is 0 Å². The number of nitrogens with one attached hydrogen (secondary N) is 1. The van der Waals surface area contributed by atoms with E-state index < -0.39 is 0 Å². The molecular formula is C11H17N3O2. The highest BCUT2D eigenvalue weighted by atomic mass is 16.5. The van der Waals surface area contributed by atoms with E-state index in [0.29, 0.717) is 6.54 Å². The summed E-state index contributed by atoms with van der Waals surface area (Å²) in [4.78, 5) is 19.4. The van der Waals surface area contributed by atoms with Gasteiger partial charge < -0.3 is 4.74 Å². The maximum Gasteiger partial charge on any atom is 0.323 e. The SMILES string of the molecule is COC(=O)[C@@H](NCc1ccncn1)C(C)C. The first-order chi connectivity index (χ1) is 7.65. The number of methoxy groups -OCH3 is 1. The Morgan fingerprint density at radius 2 is 2.31 bits per heavy atom. The highest BCUT2D eigenvalue weighted by molar-refractivity contribution is 5.75. The molecule has 0 unspecified atom stereocenters. The van der Waals surface area contributed by atoms with E-state index >= 15 is 0 Å². The van der Waals surface area contributed by atoms with Crippen LogP contribution in [0.4, 0.5) is 0 Å². The summed E-state index contributed by atoms with van der Waals surface area (Å²) in [6, 6.07) is 1.50. The third kappa shape index (κ3) is 3.58. The maximum atomic E-state index is 11.5. The largest absolute Gasteiger partial charge is 0.468 e. The normalized spacial score (nSPS) is 12.5. The van der Waals surface area contributed by atoms with Gasteiger partial charge in [0.1, 0.15) is 12.4 Å². The molecule has 1 heterocycles. The topological polar surface area (TPSA) is 64.1 Å². The molecule has 0 aliphatic carbocycles. The monoisotopic (exact) mass is 223 g/mol. The van der Waals surface area contributed by atoms with Gasteiger partial charge in [0.25, 0.3) is 0 Å². The van der Waals surface area contributed by atoms with Gasteiger partial charge >= 0.3 is 5.97 Å². The average Bonchev–Trinajstić information content (AvgIpc) is 2.30. The van der Waals surface area contributed by atoms with E-state index in [9.17, 15) is 4.79 Å². The van der Waals surface area contributed by atoms with Crippen LogP contribution in [-0.2, 0) is 16.1 Å². The average molecular weight is 223 g/mol. The molecule has 5 nitrogen and oxygen atoms in total. The lowest BCUT2D eigenvalue weighted by Crippen LogP contribution is -2.41. The fraction of sp³-hybridized carbons (Fsp3) is 0.545. The third-order valence-corrected chi connectivity index (χ3v) is 2.27. The summed E-state index contributed by atoms with van der Waals surface area (Å²) < 4.78 is 4.73. The van der Waals surface area contributed by atoms with E-state index in [4.69, 9.17) is 4.74 Å². The number of aromatic nitrogens is 2. The summed E-state index contributed by atoms with van der Waals surface area (Å²) in [6.45, 7) is 4.46. The number of hydrogen-bond donors (Lipinski definition) is 1. The van der Waals surface area contributed by atoms with Gasteiger partial charge in [-0.2, -0.15) is 0 Å². The van der Waals surface area contributed by atoms with Gasteiger partial charge in [-0.05, 0) is 12.0 Å². The summed E-state index contributed by atoms with van der Waals surface area (Å²) in [6.07, 6.45) is 3.16. The van der Waals surface area contributed by atoms with Crippen LogP contribution in [0.25, 0.3) is 0 Å². The van der Waals surface area contributed by atoms with Gasteiger partial charge in [0.2, 0.25) is 0 Å². The highest BCUT2D eigenvalue weighted by Gasteiger charge is 2.22. The number of carbonyl (C=O) groups is 1. The molecule has 0 saturated carbocycles. The molecular weight excluding hydrogens is 206 g/mol. The van der Waals surface area contributed by atoms with Gasteiger partial charge in [0.15, 0.2) is 0 Å². The lowest BCUT2D eigenvalue weighted by Gasteiger charge is -2.19. The minimum absolute atomic E-state index is 0.175. The molecule has 0 aliphatic heterocycles. The molecule has 88 valence electrons. The maximum absolute atomic E-state index is 11.5. The summed E-state index contributed by atoms with van der Waals surface area (Å²) in [5, 5.41) is 3.12. The zero-order chi connectivity index (χ0) is 12.0. The lowest BCUT2D eigenvalue weighted by atomic mass is 10.0. The molecule has 0 spiro atoms. The van der Waals surface area contributed by atoms with E-state index in [1.165, 1.54) is 13.4 Å². The third-order valence-electron chi connectivity index (χ3n) is 2.27. The lowest BCUT2D eigenvalue weighted by molar-refractivity contribution is -0.144. The molecule has 0 amide bonds. The predicted molar refractivity (Wildman–Crippen MR) is 59.5 cm³/mol. The van der Waals surface area contributed by atoms with Crippen LogP contribution in [0.5, 0.6) is 0 Å². The van der Waals surface area contributed by atoms with Crippen molar-refractivity contribution in [3.05, 3.63) is 24.3 Å². The molecule has 0 saturated heterocycles. The van der Waals surface area contributed by atoms with Crippen LogP contribution in [0.1, 0.15) is 19.5 Å². The molecule has 0 aromatic carbocycles. The number of carbonyl (C=O) groups excluding carboxylic acids is 1. The molecule has 1 rings (SSSR count). The van der Waals surface area contributed by atoms with Crippen LogP contribution >= 0.6 is 0 Å². The Labute approximate surface area is 95.3 Å². The van der Waals surface area contributed by atoms with Gasteiger partial charge in [0.05, 0.1) is 12.8 Å². The van der Waals surface area contributed by atoms with Gasteiger partial charge in [-0.25, -0.2) is 9.97 Å². The molecule has 0 fully saturated rings. The Kier molecular flexibility index (Phi) is 4.85. The van der Waals surface area contributed by atoms with E-state index in [0.717, 1.165) is 5.69 Å². The van der Waals surface area contributed by atoms with Crippen LogP contribution in [-0.4, -0.2) is 29.1 Å². The van der Waals surface area contributed by atoms with Crippen LogP contribution in [0, 0.1) is 5.92 Å². The fourth-order valence-corrected chi connectivity index (χ4v) is 1.36. The Morgan fingerprint density at radius 1 is 1.56 bits per heavy atom. The Hall–Kier alpha value is -1.49. The summed E-state index contributed by atoms with van der Waals surface area (Å²) in [5.74, 6) is -0.0710. The van der Waals surface area contributed by atoms with E-state index in [1.807, 2.05) is 19.9 Å². The second-order valence-electron chi connectivity index (χ2n) is 3.83. The van der Waals surface area contributed by atoms with E-state index in [-0.39, 0.29) is 17.9 Å². The second kappa shape index (κ2) is 6.17. The van der Waals surface area contributed by atoms with Crippen molar-refractivity contribution in [3.63, 3.8) is 0 Å². The molecule has 0 radical (unpaired) electrons. The molecule has 16 heavy (non-hydrogen) atoms. The minimum Gasteiger partial charge on any atom is -0.468 e. The van der Waals surface area contributed by atoms with Gasteiger partial charge in [0, 0.05) is 12.7 Å². The highest BCUT2D eigenvalue weighted by Crippen LogP contribution is 2.04. The van der Waals surface area contributed by atoms with Crippen molar-refractivity contribution in [1.82, 2.24) is 15.3 Å². The molecule has 1 aromatic rings. The number of esters is 1. The van der Waals surface area contributed by atoms with Crippen LogP contribution in [0.3, 0.4) is 0 Å². The Balaban J connectivity index is 2.54. The number of nitrogens with zero attached hydrogens (tertiary/aromatic N) is 2. The second-order valence-corrected chi connectivity index (χ2v) is 3.83. The molecule has 1 N–H and O–H groups in total. The van der Waals surface area contributed by atoms with Gasteiger partial charge in [-0.3, -0.25) is 10.1 Å². The van der Waals surface area contributed by atoms with Crippen molar-refractivity contribution in [1.29, 1.82) is 0 Å². The van der Waals surface area contributed by atoms with Crippen molar-refractivity contribution in [2.75, 3.05) is 7.11 Å². The Bertz CT molecular complexity index is 327. The standard InChI is InChI=1S/C11H17N3O2/c1-8(2)10(11(15)16-3)13-6-9-4-5-12-7-14-9/h4-5,7-8,10,13H,6H2,1-3H3/t10-/m0/s1. The van der Waals surface area contributed by atoms with E-state index in [1.54, 1.807) is 6.20 Å². The van der Waals surface area contributed by atoms with Crippen LogP contribution < -0.4 is 5.32 Å². The zero-order valence-corrected chi connectivity index (χ0v) is 9.80. The predicted octanol–water partition coefficient (Wildman–Crippen LogP) is 0.764. The summed E-state index contributed by atoms with van der Waals surface area (Å²) in [5.41, 5.74) is 0.851. The van der Waals surface area contributed by atoms with Gasteiger partial charge in [-0.15, -0.1) is 0 Å². The van der Waals surface area contributed by atoms with Gasteiger partial charge in [-0.1, -0.05) is 13.8 Å². The molecule has 1 aromatic heterocycles. The minimum atomic E-state index is -0.306. The van der Waals surface area contributed by atoms with Crippen LogP contribution in [0.2, 0.25) is 0 Å². The van der Waals surface area contributed by atoms with Crippen molar-refractivity contribution in [2.45, 2.75) is 26.4 Å². The first-order valence-electron chi connectivity index (χ1n) is 5.21. The smallest absolute Gasteiger partial charge is 0.323 e. The molecule has 0 bridgehead atoms. The van der Waals surface area contributed by atoms with Crippen molar-refractivity contribution < 1.29 is 9.53 Å². The van der Waals surface area contributed by atoms with Crippen LogP contribution in [0.15, 0.2) is 18.6 Å². The van der Waals surface area contributed by atoms with Crippen molar-refractivity contribution in [2.24, 2.45) is 5.92 Å². The molecule has 5 heteroatoms. The molecule has 1 atom stereocenters. The molecule has 0 aliphatic rings. The fourth-order valence-electron chi connectivity index (χ4n) is 1.36. The number of ether oxygens (including phenoxy) is 1. The summed E-state index contributed by atoms with van der Waals surface area (Å²) >= 11 is 0.